The van der Waals surface area contributed by atoms with Crippen molar-refractivity contribution in [1.29, 1.82) is 47.4 Å². The molecule has 5 aliphatic rings. The van der Waals surface area contributed by atoms with Crippen molar-refractivity contribution in [3.8, 4) is 54.6 Å². The van der Waals surface area contributed by atoms with E-state index in [0.29, 0.717) is 71.0 Å². The number of ketones is 1. The van der Waals surface area contributed by atoms with E-state index in [1.165, 1.54) is 24.3 Å². The molecule has 524 valence electrons. The average Bonchev–Trinajstić information content (AvgIpc) is 0.747. The van der Waals surface area contributed by atoms with Crippen LogP contribution in [0.15, 0.2) is 198 Å². The summed E-state index contributed by atoms with van der Waals surface area (Å²) in [5.74, 6) is -16.0. The van der Waals surface area contributed by atoms with Crippen molar-refractivity contribution in [2.24, 2.45) is 11.8 Å². The number of ether oxygens (including phenoxy) is 2. The van der Waals surface area contributed by atoms with Crippen LogP contribution >= 0.6 is 0 Å². The van der Waals surface area contributed by atoms with Crippen molar-refractivity contribution in [3.05, 3.63) is 356 Å². The van der Waals surface area contributed by atoms with Gasteiger partial charge in [-0.2, -0.15) is 21.0 Å². The topological polar surface area (TPSA) is 340 Å². The summed E-state index contributed by atoms with van der Waals surface area (Å²) in [7, 11) is 0. The number of carbonyl (C=O) groups is 5. The summed E-state index contributed by atoms with van der Waals surface area (Å²) < 4.78 is 94.6. The molecule has 0 N–H and O–H groups in total. The van der Waals surface area contributed by atoms with Gasteiger partial charge >= 0.3 is 23.9 Å². The van der Waals surface area contributed by atoms with Gasteiger partial charge in [0.1, 0.15) is 47.1 Å². The fraction of sp³-hybridized carbons (Fsp3) is 0.0235. The third-order valence-corrected chi connectivity index (χ3v) is 17.3. The SMILES string of the molecule is N#CC(C#N)=c1c(F)c(F)c2c(F)c(=C(C#N)C#N)c(F)c(F)c2c1F.O=C1OC(=O)c2ccc3c4c(ccc1c24)C(=O)OC3=O.[C-]#[N+]C(C#N)=C1C=CC(C2C=CC(=C(C#N)[N+]#[C-])C=C2)C=C1.[C-]#[N+]C(C#N)=C1c2ccccc2C(=O)c2ccccc21.[C-]#[N+]C(C#N)=c1c2ccccc2c(=C(C#N)[N+]#[C-])c2ccccc12. The highest BCUT2D eigenvalue weighted by Crippen LogP contribution is 2.40. The third kappa shape index (κ3) is 13.7. The molecule has 21 nitrogen and oxygen atoms in total. The second kappa shape index (κ2) is 32.8. The summed E-state index contributed by atoms with van der Waals surface area (Å²) in [6.45, 7) is 35.7. The number of hydrogen-bond donors (Lipinski definition) is 0. The summed E-state index contributed by atoms with van der Waals surface area (Å²) in [5, 5.41) is 78.1. The first-order valence-electron chi connectivity index (χ1n) is 31.5. The number of halogens is 6. The number of rotatable bonds is 1. The number of nitrogens with zero attached hydrogens (tertiary/aromatic N) is 14. The molecule has 112 heavy (non-hydrogen) atoms. The second-order valence-corrected chi connectivity index (χ2v) is 23.0. The molecule has 9 aromatic rings. The lowest BCUT2D eigenvalue weighted by Crippen LogP contribution is -2.25. The van der Waals surface area contributed by atoms with E-state index in [-0.39, 0.29) is 79.1 Å². The van der Waals surface area contributed by atoms with E-state index in [1.54, 1.807) is 72.8 Å². The second-order valence-electron chi connectivity index (χ2n) is 23.0. The van der Waals surface area contributed by atoms with Gasteiger partial charge < -0.3 is 9.47 Å². The Balaban J connectivity index is 0.000000149. The molecule has 0 saturated heterocycles. The van der Waals surface area contributed by atoms with E-state index in [2.05, 4.69) is 33.7 Å². The highest BCUT2D eigenvalue weighted by molar-refractivity contribution is 6.29. The van der Waals surface area contributed by atoms with E-state index >= 15 is 0 Å². The molecule has 0 aromatic heterocycles. The van der Waals surface area contributed by atoms with Crippen molar-refractivity contribution in [2.75, 3.05) is 0 Å². The van der Waals surface area contributed by atoms with Crippen LogP contribution in [0.1, 0.15) is 68.5 Å². The monoisotopic (exact) mass is 1470 g/mol. The molecule has 14 rings (SSSR count). The third-order valence-electron chi connectivity index (χ3n) is 17.3. The van der Waals surface area contributed by atoms with Crippen molar-refractivity contribution < 1.29 is 59.8 Å². The Morgan fingerprint density at radius 1 is 0.304 bits per heavy atom. The maximum atomic E-state index is 14.4. The number of benzene rings is 9. The minimum Gasteiger partial charge on any atom is -0.386 e. The number of esters is 4. The lowest BCUT2D eigenvalue weighted by atomic mass is 9.80. The Morgan fingerprint density at radius 2 is 0.571 bits per heavy atom. The highest BCUT2D eigenvalue weighted by atomic mass is 19.2. The van der Waals surface area contributed by atoms with Crippen LogP contribution in [0.5, 0.6) is 0 Å². The van der Waals surface area contributed by atoms with Crippen LogP contribution in [-0.4, -0.2) is 29.7 Å². The zero-order valence-corrected chi connectivity index (χ0v) is 56.2. The summed E-state index contributed by atoms with van der Waals surface area (Å²) in [5.41, 5.74) is 2.38. The standard InChI is InChI=1S/C20H8N4.C18H10N4.C17H8N2O.C16F6N4.C14H4O6/c1-23-17(11-21)19-13-7-3-5-9-15(13)20(18(12-22)24-2)16-10-6-4-8-14(16)19;1-21-17(11-19)15-7-3-13(4-8-15)14-5-9-16(10-6-14)18(12-20)22-2;1-19-15(10-18)16-11-6-2-4-8-13(11)17(20)14-9-5-3-7-12(14)16;17-11-7(5(1-23)2-24)13(19)15(21)10-9(11)16(22)14(20)8(12(10)18)6(3-25)4-26;15-11-5-1-2-6-10-8(14(18)20-12(6)16)4-3-7(9(5)10)13(17)19-11/h3-10H;3-10,13-14H;2-9H;;1-4H. The molecule has 0 radical (unpaired) electrons. The van der Waals surface area contributed by atoms with Gasteiger partial charge in [-0.3, -0.25) is 4.79 Å². The number of fused-ring (bicyclic) bond motifs is 5. The smallest absolute Gasteiger partial charge is 0.346 e. The Labute approximate surface area is 627 Å². The predicted octanol–water partition coefficient (Wildman–Crippen LogP) is 13.9. The molecular formula is C85H30F6N14O7. The van der Waals surface area contributed by atoms with Gasteiger partial charge in [-0.25, -0.2) is 96.1 Å². The van der Waals surface area contributed by atoms with Gasteiger partial charge in [0.2, 0.25) is 0 Å². The Morgan fingerprint density at radius 3 is 0.830 bits per heavy atom. The molecule has 9 aromatic carbocycles. The van der Waals surface area contributed by atoms with Crippen LogP contribution in [0.2, 0.25) is 0 Å². The number of allylic oxidation sites excluding steroid dienone is 13. The lowest BCUT2D eigenvalue weighted by molar-refractivity contribution is 0.0366. The minimum atomic E-state index is -2.23. The zero-order chi connectivity index (χ0) is 80.9. The fourth-order valence-corrected chi connectivity index (χ4v) is 12.4. The Kier molecular flexibility index (Phi) is 22.5. The Hall–Kier alpha value is -17.9. The maximum absolute atomic E-state index is 14.4. The minimum absolute atomic E-state index is 0.00438. The molecule has 0 spiro atoms. The summed E-state index contributed by atoms with van der Waals surface area (Å²) in [4.78, 5) is 75.8. The highest BCUT2D eigenvalue weighted by Gasteiger charge is 2.36. The molecule has 0 atom stereocenters. The average molecular weight is 1470 g/mol. The first-order valence-corrected chi connectivity index (χ1v) is 31.5. The molecule has 0 fully saturated rings. The lowest BCUT2D eigenvalue weighted by Gasteiger charge is -2.21. The Bertz CT molecular complexity index is 6430. The molecule has 0 saturated carbocycles. The zero-order valence-electron chi connectivity index (χ0n) is 56.2. The molecule has 27 heteroatoms. The van der Waals surface area contributed by atoms with E-state index in [0.717, 1.165) is 24.3 Å². The predicted molar refractivity (Wildman–Crippen MR) is 384 cm³/mol. The van der Waals surface area contributed by atoms with Crippen LogP contribution in [0.3, 0.4) is 0 Å². The number of hydrogen-bond acceptors (Lipinski definition) is 16. The molecular weight excluding hydrogens is 1440 g/mol. The van der Waals surface area contributed by atoms with Crippen LogP contribution in [0.4, 0.5) is 26.3 Å². The molecule has 2 heterocycles. The van der Waals surface area contributed by atoms with Gasteiger partial charge in [0, 0.05) is 49.7 Å². The van der Waals surface area contributed by atoms with Crippen LogP contribution in [0, 0.1) is 182 Å². The summed E-state index contributed by atoms with van der Waals surface area (Å²) >= 11 is 0. The van der Waals surface area contributed by atoms with Crippen molar-refractivity contribution in [1.82, 2.24) is 0 Å². The van der Waals surface area contributed by atoms with Crippen LogP contribution in [-0.2, 0) is 9.47 Å². The van der Waals surface area contributed by atoms with Gasteiger partial charge in [0.15, 0.2) is 29.1 Å². The van der Waals surface area contributed by atoms with Gasteiger partial charge in [0.05, 0.1) is 107 Å². The van der Waals surface area contributed by atoms with Gasteiger partial charge in [0.25, 0.3) is 28.5 Å². The van der Waals surface area contributed by atoms with Crippen LogP contribution < -0.4 is 20.9 Å². The number of cyclic esters (lactones) is 4. The van der Waals surface area contributed by atoms with Gasteiger partial charge in [-0.05, 0) is 68.1 Å². The number of nitriles is 9. The van der Waals surface area contributed by atoms with Crippen molar-refractivity contribution in [2.45, 2.75) is 0 Å². The first kappa shape index (κ1) is 76.7. The number of carbonyl (C=O) groups excluding carboxylic acids is 5. The first-order chi connectivity index (χ1) is 54.1. The largest absolute Gasteiger partial charge is 0.386 e. The van der Waals surface area contributed by atoms with Crippen molar-refractivity contribution >= 4 is 101 Å². The quantitative estimate of drug-likeness (QED) is 0.0280. The molecule has 0 unspecified atom stereocenters. The maximum Gasteiger partial charge on any atom is 0.346 e. The molecule has 2 aliphatic heterocycles. The fourth-order valence-electron chi connectivity index (χ4n) is 12.4. The molecule has 0 amide bonds. The van der Waals surface area contributed by atoms with E-state index in [4.69, 9.17) is 64.4 Å². The van der Waals surface area contributed by atoms with E-state index in [9.17, 15) is 66.1 Å². The molecule has 0 bridgehead atoms. The van der Waals surface area contributed by atoms with Gasteiger partial charge in [-0.15, -0.1) is 0 Å². The summed E-state index contributed by atoms with van der Waals surface area (Å²) in [6, 6.07) is 48.0. The van der Waals surface area contributed by atoms with E-state index in [1.807, 2.05) is 103 Å². The normalized spacial score (nSPS) is 13.5. The van der Waals surface area contributed by atoms with Crippen molar-refractivity contribution in [3.63, 3.8) is 0 Å². The van der Waals surface area contributed by atoms with Gasteiger partial charge in [-0.1, -0.05) is 146 Å². The van der Waals surface area contributed by atoms with Crippen LogP contribution in [0.25, 0.3) is 95.4 Å². The molecule has 3 aliphatic carbocycles. The van der Waals surface area contributed by atoms with E-state index < -0.39 is 91.1 Å². The summed E-state index contributed by atoms with van der Waals surface area (Å²) in [6.07, 6.45) is 14.9.